The molecule has 0 saturated heterocycles. The van der Waals surface area contributed by atoms with Crippen LogP contribution in [0.1, 0.15) is 15.9 Å². The molecule has 0 fully saturated rings. The highest BCUT2D eigenvalue weighted by Crippen LogP contribution is 2.22. The number of carbonyl (C=O) groups excluding carboxylic acids is 1. The molecule has 0 unspecified atom stereocenters. The van der Waals surface area contributed by atoms with Crippen molar-refractivity contribution in [3.63, 3.8) is 0 Å². The van der Waals surface area contributed by atoms with Crippen LogP contribution in [-0.4, -0.2) is 24.3 Å². The van der Waals surface area contributed by atoms with E-state index in [0.29, 0.717) is 16.9 Å². The minimum absolute atomic E-state index is 0.0931. The summed E-state index contributed by atoms with van der Waals surface area (Å²) in [4.78, 5) is 12.1. The molecule has 0 spiro atoms. The third-order valence-electron chi connectivity index (χ3n) is 2.71. The number of amides is 1. The minimum Gasteiger partial charge on any atom is -0.507 e. The molecule has 0 aliphatic rings. The quantitative estimate of drug-likeness (QED) is 0.659. The summed E-state index contributed by atoms with van der Waals surface area (Å²) in [6.45, 7) is 0. The van der Waals surface area contributed by atoms with Crippen LogP contribution < -0.4 is 10.2 Å². The second-order valence-electron chi connectivity index (χ2n) is 4.10. The van der Waals surface area contributed by atoms with E-state index < -0.39 is 5.91 Å². The molecule has 2 aromatic carbocycles. The van der Waals surface area contributed by atoms with Crippen molar-refractivity contribution in [2.45, 2.75) is 0 Å². The first-order valence-electron chi connectivity index (χ1n) is 6.06. The van der Waals surface area contributed by atoms with Crippen molar-refractivity contribution in [2.24, 2.45) is 5.10 Å². The van der Waals surface area contributed by atoms with Crippen LogP contribution in [-0.2, 0) is 0 Å². The van der Waals surface area contributed by atoms with Gasteiger partial charge in [0.05, 0.1) is 18.9 Å². The molecule has 2 N–H and O–H groups in total. The highest BCUT2D eigenvalue weighted by atomic mass is 79.9. The molecule has 0 aliphatic heterocycles. The first-order valence-corrected chi connectivity index (χ1v) is 6.86. The zero-order valence-corrected chi connectivity index (χ0v) is 12.8. The number of carbonyl (C=O) groups is 1. The predicted molar refractivity (Wildman–Crippen MR) is 83.9 cm³/mol. The number of hydrogen-bond donors (Lipinski definition) is 2. The molecule has 0 atom stereocenters. The highest BCUT2D eigenvalue weighted by Gasteiger charge is 2.11. The normalized spacial score (nSPS) is 10.6. The monoisotopic (exact) mass is 348 g/mol. The van der Waals surface area contributed by atoms with Crippen LogP contribution in [0, 0.1) is 0 Å². The van der Waals surface area contributed by atoms with Crippen LogP contribution in [0.4, 0.5) is 0 Å². The Bertz CT molecular complexity index is 686. The van der Waals surface area contributed by atoms with E-state index in [1.807, 2.05) is 0 Å². The third kappa shape index (κ3) is 3.82. The van der Waals surface area contributed by atoms with Crippen molar-refractivity contribution in [1.29, 1.82) is 0 Å². The summed E-state index contributed by atoms with van der Waals surface area (Å²) in [6.07, 6.45) is 1.37. The Morgan fingerprint density at radius 1 is 1.33 bits per heavy atom. The number of ether oxygens (including phenoxy) is 1. The Balaban J connectivity index is 2.12. The molecule has 21 heavy (non-hydrogen) atoms. The molecule has 2 rings (SSSR count). The van der Waals surface area contributed by atoms with Crippen molar-refractivity contribution < 1.29 is 14.6 Å². The van der Waals surface area contributed by atoms with Gasteiger partial charge in [-0.05, 0) is 30.3 Å². The number of hydrazone groups is 1. The topological polar surface area (TPSA) is 70.9 Å². The van der Waals surface area contributed by atoms with Gasteiger partial charge >= 0.3 is 0 Å². The number of phenolic OH excluding ortho intramolecular Hbond substituents is 1. The summed E-state index contributed by atoms with van der Waals surface area (Å²) >= 11 is 3.30. The van der Waals surface area contributed by atoms with Crippen LogP contribution in [0.15, 0.2) is 52.0 Å². The molecule has 108 valence electrons. The molecule has 0 aromatic heterocycles. The van der Waals surface area contributed by atoms with Gasteiger partial charge < -0.3 is 9.84 Å². The lowest BCUT2D eigenvalue weighted by molar-refractivity contribution is 0.0952. The van der Waals surface area contributed by atoms with Crippen molar-refractivity contribution in [2.75, 3.05) is 7.11 Å². The zero-order valence-electron chi connectivity index (χ0n) is 11.2. The molecular weight excluding hydrogens is 336 g/mol. The molecule has 0 saturated carbocycles. The first kappa shape index (κ1) is 15.1. The Hall–Kier alpha value is -2.34. The lowest BCUT2D eigenvalue weighted by Crippen LogP contribution is -2.18. The molecular formula is C15H13BrN2O3. The fourth-order valence-electron chi connectivity index (χ4n) is 1.68. The summed E-state index contributed by atoms with van der Waals surface area (Å²) in [7, 11) is 1.49. The summed E-state index contributed by atoms with van der Waals surface area (Å²) in [5, 5.41) is 13.4. The standard InChI is InChI=1S/C15H13BrN2O3/c1-21-14-7-6-11(16)8-12(14)15(20)18-17-9-10-4-2-3-5-13(10)19/h2-9,19H,1H3,(H,18,20). The first-order chi connectivity index (χ1) is 10.1. The van der Waals surface area contributed by atoms with Gasteiger partial charge in [0.1, 0.15) is 11.5 Å². The lowest BCUT2D eigenvalue weighted by Gasteiger charge is -2.07. The van der Waals surface area contributed by atoms with E-state index >= 15 is 0 Å². The Morgan fingerprint density at radius 2 is 2.10 bits per heavy atom. The molecule has 0 bridgehead atoms. The Kier molecular flexibility index (Phi) is 4.94. The number of nitrogens with zero attached hydrogens (tertiary/aromatic N) is 1. The van der Waals surface area contributed by atoms with Crippen molar-refractivity contribution >= 4 is 28.1 Å². The number of benzene rings is 2. The number of hydrogen-bond acceptors (Lipinski definition) is 4. The summed E-state index contributed by atoms with van der Waals surface area (Å²) in [5.74, 6) is 0.142. The SMILES string of the molecule is COc1ccc(Br)cc1C(=O)NN=Cc1ccccc1O. The predicted octanol–water partition coefficient (Wildman–Crippen LogP) is 2.93. The Labute approximate surface area is 130 Å². The zero-order chi connectivity index (χ0) is 15.2. The van der Waals surface area contributed by atoms with Crippen LogP contribution >= 0.6 is 15.9 Å². The molecule has 5 nitrogen and oxygen atoms in total. The summed E-state index contributed by atoms with van der Waals surface area (Å²) < 4.78 is 5.89. The average Bonchev–Trinajstić information content (AvgIpc) is 2.49. The van der Waals surface area contributed by atoms with Gasteiger partial charge in [0.15, 0.2) is 0 Å². The van der Waals surface area contributed by atoms with Crippen LogP contribution in [0.3, 0.4) is 0 Å². The fourth-order valence-corrected chi connectivity index (χ4v) is 2.04. The maximum absolute atomic E-state index is 12.1. The van der Waals surface area contributed by atoms with Gasteiger partial charge in [-0.15, -0.1) is 0 Å². The van der Waals surface area contributed by atoms with Gasteiger partial charge in [-0.3, -0.25) is 4.79 Å². The molecule has 1 amide bonds. The van der Waals surface area contributed by atoms with Gasteiger partial charge in [-0.1, -0.05) is 28.1 Å². The molecule has 0 heterocycles. The smallest absolute Gasteiger partial charge is 0.275 e. The molecule has 2 aromatic rings. The maximum atomic E-state index is 12.1. The van der Waals surface area contributed by atoms with Crippen LogP contribution in [0.2, 0.25) is 0 Å². The van der Waals surface area contributed by atoms with E-state index in [4.69, 9.17) is 4.74 Å². The van der Waals surface area contributed by atoms with E-state index in [2.05, 4.69) is 26.5 Å². The number of halogens is 1. The number of phenols is 1. The van der Waals surface area contributed by atoms with E-state index in [-0.39, 0.29) is 5.75 Å². The van der Waals surface area contributed by atoms with Gasteiger partial charge in [0.2, 0.25) is 0 Å². The van der Waals surface area contributed by atoms with Gasteiger partial charge in [0.25, 0.3) is 5.91 Å². The third-order valence-corrected chi connectivity index (χ3v) is 3.21. The van der Waals surface area contributed by atoms with E-state index in [0.717, 1.165) is 4.47 Å². The number of rotatable bonds is 4. The Morgan fingerprint density at radius 3 is 2.81 bits per heavy atom. The second-order valence-corrected chi connectivity index (χ2v) is 5.02. The highest BCUT2D eigenvalue weighted by molar-refractivity contribution is 9.10. The van der Waals surface area contributed by atoms with Gasteiger partial charge in [-0.2, -0.15) is 5.10 Å². The number of methoxy groups -OCH3 is 1. The van der Waals surface area contributed by atoms with E-state index in [1.54, 1.807) is 42.5 Å². The van der Waals surface area contributed by atoms with Crippen molar-refractivity contribution in [1.82, 2.24) is 5.43 Å². The minimum atomic E-state index is -0.403. The van der Waals surface area contributed by atoms with Crippen molar-refractivity contribution in [3.8, 4) is 11.5 Å². The lowest BCUT2D eigenvalue weighted by atomic mass is 10.2. The fraction of sp³-hybridized carbons (Fsp3) is 0.0667. The van der Waals surface area contributed by atoms with Crippen LogP contribution in [0.5, 0.6) is 11.5 Å². The average molecular weight is 349 g/mol. The van der Waals surface area contributed by atoms with Crippen molar-refractivity contribution in [3.05, 3.63) is 58.1 Å². The molecule has 6 heteroatoms. The largest absolute Gasteiger partial charge is 0.507 e. The second kappa shape index (κ2) is 6.90. The summed E-state index contributed by atoms with van der Waals surface area (Å²) in [6, 6.07) is 11.8. The number of aromatic hydroxyl groups is 1. The van der Waals surface area contributed by atoms with E-state index in [9.17, 15) is 9.90 Å². The number of para-hydroxylation sites is 1. The molecule has 0 radical (unpaired) electrons. The van der Waals surface area contributed by atoms with Crippen LogP contribution in [0.25, 0.3) is 0 Å². The van der Waals surface area contributed by atoms with Gasteiger partial charge in [0, 0.05) is 10.0 Å². The summed E-state index contributed by atoms with van der Waals surface area (Å²) in [5.41, 5.74) is 3.27. The van der Waals surface area contributed by atoms with E-state index in [1.165, 1.54) is 13.3 Å². The number of nitrogens with one attached hydrogen (secondary N) is 1. The maximum Gasteiger partial charge on any atom is 0.275 e. The molecule has 0 aliphatic carbocycles. The van der Waals surface area contributed by atoms with Gasteiger partial charge in [-0.25, -0.2) is 5.43 Å².